The van der Waals surface area contributed by atoms with Crippen LogP contribution in [0.25, 0.3) is 0 Å². The summed E-state index contributed by atoms with van der Waals surface area (Å²) >= 11 is 10.9. The molecule has 0 amide bonds. The lowest BCUT2D eigenvalue weighted by molar-refractivity contribution is 0.642. The minimum Gasteiger partial charge on any atom is -0.450 e. The zero-order valence-electron chi connectivity index (χ0n) is 4.92. The van der Waals surface area contributed by atoms with Crippen LogP contribution < -0.4 is 4.52 Å². The van der Waals surface area contributed by atoms with Crippen LogP contribution in [-0.2, 0) is 0 Å². The molecule has 1 radical (unpaired) electrons. The number of hydrogen-bond acceptors (Lipinski definition) is 1. The molecule has 0 aliphatic carbocycles. The van der Waals surface area contributed by atoms with Crippen molar-refractivity contribution >= 4 is 31.0 Å². The molecule has 0 fully saturated rings. The molecule has 0 spiro atoms. The van der Waals surface area contributed by atoms with E-state index in [0.717, 1.165) is 5.75 Å². The van der Waals surface area contributed by atoms with Crippen LogP contribution in [0.2, 0.25) is 5.02 Å². The first kappa shape index (κ1) is 8.13. The highest BCUT2D eigenvalue weighted by Crippen LogP contribution is 2.24. The van der Waals surface area contributed by atoms with Gasteiger partial charge in [-0.25, -0.2) is 0 Å². The highest BCUT2D eigenvalue weighted by atomic mass is 35.7. The average Bonchev–Trinajstić information content (AvgIpc) is 1.95. The first-order valence-corrected chi connectivity index (χ1v) is 4.66. The molecule has 4 heteroatoms. The fourth-order valence-electron chi connectivity index (χ4n) is 0.535. The Kier molecular flexibility index (Phi) is 3.27. The summed E-state index contributed by atoms with van der Waals surface area (Å²) in [6, 6.07) is 7.02. The Labute approximate surface area is 70.9 Å². The fraction of sp³-hybridized carbons (Fsp3) is 0. The van der Waals surface area contributed by atoms with Crippen LogP contribution in [0.15, 0.2) is 24.3 Å². The van der Waals surface area contributed by atoms with Crippen LogP contribution in [-0.4, -0.2) is 0 Å². The predicted octanol–water partition coefficient (Wildman–Crippen LogP) is 3.73. The minimum atomic E-state index is 0.375. The number of hydrogen-bond donors (Lipinski definition) is 0. The van der Waals surface area contributed by atoms with Gasteiger partial charge in [0.1, 0.15) is 5.75 Å². The maximum absolute atomic E-state index is 5.62. The summed E-state index contributed by atoms with van der Waals surface area (Å²) in [5.41, 5.74) is 0. The van der Waals surface area contributed by atoms with Crippen molar-refractivity contribution in [2.75, 3.05) is 0 Å². The maximum atomic E-state index is 5.62. The van der Waals surface area contributed by atoms with Gasteiger partial charge in [-0.1, -0.05) is 11.6 Å². The molecule has 0 heterocycles. The molecule has 0 saturated carbocycles. The molecule has 1 aromatic carbocycles. The van der Waals surface area contributed by atoms with Crippen LogP contribution in [0, 0.1) is 0 Å². The lowest BCUT2D eigenvalue weighted by Gasteiger charge is -1.97. The molecule has 10 heavy (non-hydrogen) atoms. The van der Waals surface area contributed by atoms with Gasteiger partial charge in [-0.15, -0.1) is 0 Å². The molecular weight excluding hydrogens is 190 g/mol. The van der Waals surface area contributed by atoms with Gasteiger partial charge in [-0.2, -0.15) is 0 Å². The summed E-state index contributed by atoms with van der Waals surface area (Å²) < 4.78 is 4.94. The first-order valence-electron chi connectivity index (χ1n) is 2.57. The van der Waals surface area contributed by atoms with Gasteiger partial charge < -0.3 is 4.52 Å². The maximum Gasteiger partial charge on any atom is 0.264 e. The highest BCUT2D eigenvalue weighted by molar-refractivity contribution is 7.64. The minimum absolute atomic E-state index is 0.375. The van der Waals surface area contributed by atoms with E-state index >= 15 is 0 Å². The molecule has 1 aromatic rings. The van der Waals surface area contributed by atoms with Crippen molar-refractivity contribution in [3.05, 3.63) is 29.3 Å². The summed E-state index contributed by atoms with van der Waals surface area (Å²) in [5, 5.41) is 0.693. The van der Waals surface area contributed by atoms with Gasteiger partial charge in [0, 0.05) is 5.02 Å². The van der Waals surface area contributed by atoms with E-state index in [4.69, 9.17) is 27.4 Å². The van der Waals surface area contributed by atoms with Crippen molar-refractivity contribution < 1.29 is 4.52 Å². The number of benzene rings is 1. The number of rotatable bonds is 2. The Hall–Kier alpha value is 0.0300. The van der Waals surface area contributed by atoms with Gasteiger partial charge in [0.05, 0.1) is 0 Å². The van der Waals surface area contributed by atoms with Gasteiger partial charge in [0.25, 0.3) is 8.16 Å². The Balaban J connectivity index is 2.69. The molecule has 0 aliphatic rings. The van der Waals surface area contributed by atoms with Gasteiger partial charge >= 0.3 is 0 Å². The Bertz CT molecular complexity index is 199. The van der Waals surface area contributed by atoms with E-state index in [-0.39, 0.29) is 0 Å². The quantitative estimate of drug-likeness (QED) is 0.651. The van der Waals surface area contributed by atoms with Crippen molar-refractivity contribution in [1.82, 2.24) is 0 Å². The largest absolute Gasteiger partial charge is 0.450 e. The third-order valence-corrected chi connectivity index (χ3v) is 1.69. The van der Waals surface area contributed by atoms with E-state index in [2.05, 4.69) is 0 Å². The molecule has 0 N–H and O–H groups in total. The van der Waals surface area contributed by atoms with E-state index in [1.807, 2.05) is 0 Å². The van der Waals surface area contributed by atoms with E-state index in [1.165, 1.54) is 0 Å². The lowest BCUT2D eigenvalue weighted by atomic mass is 10.3. The molecule has 0 atom stereocenters. The average molecular weight is 194 g/mol. The summed E-state index contributed by atoms with van der Waals surface area (Å²) in [7, 11) is 0.375. The third kappa shape index (κ3) is 2.34. The smallest absolute Gasteiger partial charge is 0.264 e. The Morgan fingerprint density at radius 3 is 2.30 bits per heavy atom. The summed E-state index contributed by atoms with van der Waals surface area (Å²) in [6.07, 6.45) is 0. The second kappa shape index (κ2) is 4.02. The molecule has 0 aliphatic heterocycles. The molecule has 0 unspecified atom stereocenters. The van der Waals surface area contributed by atoms with Crippen LogP contribution in [0.3, 0.4) is 0 Å². The molecule has 53 valence electrons. The fourth-order valence-corrected chi connectivity index (χ4v) is 1.10. The number of halogens is 2. The van der Waals surface area contributed by atoms with Crippen molar-refractivity contribution in [3.8, 4) is 5.75 Å². The molecule has 1 rings (SSSR count). The summed E-state index contributed by atoms with van der Waals surface area (Å²) in [6.45, 7) is 0. The van der Waals surface area contributed by atoms with E-state index < -0.39 is 0 Å². The van der Waals surface area contributed by atoms with Gasteiger partial charge in [-0.3, -0.25) is 0 Å². The van der Waals surface area contributed by atoms with Crippen molar-refractivity contribution in [2.45, 2.75) is 0 Å². The van der Waals surface area contributed by atoms with Gasteiger partial charge in [0.2, 0.25) is 0 Å². The van der Waals surface area contributed by atoms with Gasteiger partial charge in [0.15, 0.2) is 0 Å². The van der Waals surface area contributed by atoms with Crippen LogP contribution in [0.4, 0.5) is 0 Å². The molecule has 0 bridgehead atoms. The Morgan fingerprint density at radius 2 is 1.80 bits per heavy atom. The molecule has 1 nitrogen and oxygen atoms in total. The predicted molar refractivity (Wildman–Crippen MR) is 44.9 cm³/mol. The van der Waals surface area contributed by atoms with Crippen LogP contribution in [0.1, 0.15) is 0 Å². The normalized spacial score (nSPS) is 10.6. The lowest BCUT2D eigenvalue weighted by Crippen LogP contribution is -1.72. The Morgan fingerprint density at radius 1 is 1.20 bits per heavy atom. The van der Waals surface area contributed by atoms with Crippen molar-refractivity contribution in [2.24, 2.45) is 0 Å². The zero-order chi connectivity index (χ0) is 7.40. The molecule has 0 saturated heterocycles. The second-order valence-electron chi connectivity index (χ2n) is 1.61. The van der Waals surface area contributed by atoms with Crippen LogP contribution >= 0.6 is 31.0 Å². The summed E-state index contributed by atoms with van der Waals surface area (Å²) in [4.78, 5) is 0. The highest BCUT2D eigenvalue weighted by Gasteiger charge is 1.91. The van der Waals surface area contributed by atoms with Crippen LogP contribution in [0.5, 0.6) is 5.75 Å². The standard InChI is InChI=1S/C6H4Cl2OP/c7-5-1-3-6(4-2-5)9-10-8/h1-4H. The first-order chi connectivity index (χ1) is 4.83. The molecule has 0 aromatic heterocycles. The topological polar surface area (TPSA) is 9.23 Å². The third-order valence-electron chi connectivity index (χ3n) is 0.954. The zero-order valence-corrected chi connectivity index (χ0v) is 7.33. The van der Waals surface area contributed by atoms with E-state index in [1.54, 1.807) is 24.3 Å². The van der Waals surface area contributed by atoms with Crippen molar-refractivity contribution in [1.29, 1.82) is 0 Å². The van der Waals surface area contributed by atoms with E-state index in [0.29, 0.717) is 13.2 Å². The monoisotopic (exact) mass is 193 g/mol. The summed E-state index contributed by atoms with van der Waals surface area (Å²) in [5.74, 6) is 0.723. The second-order valence-corrected chi connectivity index (χ2v) is 2.79. The van der Waals surface area contributed by atoms with Gasteiger partial charge in [-0.05, 0) is 35.5 Å². The van der Waals surface area contributed by atoms with E-state index in [9.17, 15) is 0 Å². The molecular formula is C6H4Cl2OP. The SMILES string of the molecule is Cl[P]Oc1ccc(Cl)cc1. The van der Waals surface area contributed by atoms with Crippen molar-refractivity contribution in [3.63, 3.8) is 0 Å².